The largest absolute Gasteiger partial charge is 0.490 e. The summed E-state index contributed by atoms with van der Waals surface area (Å²) in [5.74, 6) is 2.19. The maximum atomic E-state index is 12.1. The third-order valence-corrected chi connectivity index (χ3v) is 4.10. The Morgan fingerprint density at radius 2 is 1.77 bits per heavy atom. The SMILES string of the molecule is CCOc1ccccc1Oc1ccc(CNC(=O)NCc2cccnc2OC)cn1. The molecular formula is C22H24N4O4. The fraction of sp³-hybridized carbons (Fsp3) is 0.227. The molecule has 2 aromatic heterocycles. The number of nitrogens with zero attached hydrogens (tertiary/aromatic N) is 2. The zero-order valence-electron chi connectivity index (χ0n) is 16.9. The number of methoxy groups -OCH3 is 1. The van der Waals surface area contributed by atoms with E-state index in [1.807, 2.05) is 43.3 Å². The van der Waals surface area contributed by atoms with Crippen molar-refractivity contribution in [2.24, 2.45) is 0 Å². The van der Waals surface area contributed by atoms with Crippen LogP contribution >= 0.6 is 0 Å². The number of urea groups is 1. The monoisotopic (exact) mass is 408 g/mol. The van der Waals surface area contributed by atoms with Crippen molar-refractivity contribution in [1.29, 1.82) is 0 Å². The van der Waals surface area contributed by atoms with E-state index in [0.717, 1.165) is 11.1 Å². The van der Waals surface area contributed by atoms with Crippen molar-refractivity contribution in [3.8, 4) is 23.3 Å². The van der Waals surface area contributed by atoms with Crippen molar-refractivity contribution < 1.29 is 19.0 Å². The maximum Gasteiger partial charge on any atom is 0.315 e. The van der Waals surface area contributed by atoms with E-state index < -0.39 is 0 Å². The summed E-state index contributed by atoms with van der Waals surface area (Å²) in [4.78, 5) is 20.4. The maximum absolute atomic E-state index is 12.1. The highest BCUT2D eigenvalue weighted by molar-refractivity contribution is 5.73. The predicted octanol–water partition coefficient (Wildman–Crippen LogP) is 3.68. The zero-order valence-corrected chi connectivity index (χ0v) is 16.9. The molecule has 8 nitrogen and oxygen atoms in total. The number of nitrogens with one attached hydrogen (secondary N) is 2. The zero-order chi connectivity index (χ0) is 21.2. The first-order chi connectivity index (χ1) is 14.7. The Kier molecular flexibility index (Phi) is 7.43. The molecule has 30 heavy (non-hydrogen) atoms. The minimum atomic E-state index is -0.299. The van der Waals surface area contributed by atoms with E-state index >= 15 is 0 Å². The van der Waals surface area contributed by atoms with Crippen LogP contribution in [-0.2, 0) is 13.1 Å². The fourth-order valence-electron chi connectivity index (χ4n) is 2.66. The van der Waals surface area contributed by atoms with Gasteiger partial charge in [-0.2, -0.15) is 0 Å². The fourth-order valence-corrected chi connectivity index (χ4v) is 2.66. The quantitative estimate of drug-likeness (QED) is 0.561. The third-order valence-electron chi connectivity index (χ3n) is 4.10. The van der Waals surface area contributed by atoms with Gasteiger partial charge in [-0.3, -0.25) is 0 Å². The van der Waals surface area contributed by atoms with Crippen molar-refractivity contribution >= 4 is 6.03 Å². The van der Waals surface area contributed by atoms with Crippen LogP contribution < -0.4 is 24.8 Å². The van der Waals surface area contributed by atoms with Gasteiger partial charge in [-0.15, -0.1) is 0 Å². The second-order valence-electron chi connectivity index (χ2n) is 6.19. The number of hydrogen-bond donors (Lipinski definition) is 2. The summed E-state index contributed by atoms with van der Waals surface area (Å²) in [5, 5.41) is 5.57. The van der Waals surface area contributed by atoms with E-state index in [2.05, 4.69) is 20.6 Å². The number of aromatic nitrogens is 2. The van der Waals surface area contributed by atoms with Crippen LogP contribution in [0, 0.1) is 0 Å². The Morgan fingerprint density at radius 3 is 2.50 bits per heavy atom. The lowest BCUT2D eigenvalue weighted by Gasteiger charge is -2.11. The molecule has 0 aliphatic rings. The first kappa shape index (κ1) is 20.9. The van der Waals surface area contributed by atoms with E-state index in [9.17, 15) is 4.79 Å². The van der Waals surface area contributed by atoms with E-state index in [1.165, 1.54) is 0 Å². The van der Waals surface area contributed by atoms with Crippen molar-refractivity contribution in [2.75, 3.05) is 13.7 Å². The number of ether oxygens (including phenoxy) is 3. The number of rotatable bonds is 9. The Balaban J connectivity index is 1.49. The highest BCUT2D eigenvalue weighted by Crippen LogP contribution is 2.30. The molecule has 2 amide bonds. The Morgan fingerprint density at radius 1 is 0.967 bits per heavy atom. The van der Waals surface area contributed by atoms with Gasteiger partial charge in [-0.05, 0) is 30.7 Å². The first-order valence-electron chi connectivity index (χ1n) is 9.53. The number of pyridine rings is 2. The summed E-state index contributed by atoms with van der Waals surface area (Å²) in [6.45, 7) is 3.11. The topological polar surface area (TPSA) is 94.6 Å². The summed E-state index contributed by atoms with van der Waals surface area (Å²) in [6, 6.07) is 14.4. The summed E-state index contributed by atoms with van der Waals surface area (Å²) in [7, 11) is 1.54. The Hall–Kier alpha value is -3.81. The normalized spacial score (nSPS) is 10.2. The van der Waals surface area contributed by atoms with Gasteiger partial charge in [-0.25, -0.2) is 14.8 Å². The molecule has 0 bridgehead atoms. The molecule has 2 heterocycles. The number of hydrogen-bond acceptors (Lipinski definition) is 6. The van der Waals surface area contributed by atoms with Crippen molar-refractivity contribution in [2.45, 2.75) is 20.0 Å². The number of para-hydroxylation sites is 2. The first-order valence-corrected chi connectivity index (χ1v) is 9.53. The number of carbonyl (C=O) groups excluding carboxylic acids is 1. The second-order valence-corrected chi connectivity index (χ2v) is 6.19. The van der Waals surface area contributed by atoms with Crippen molar-refractivity contribution in [1.82, 2.24) is 20.6 Å². The minimum absolute atomic E-state index is 0.299. The molecular weight excluding hydrogens is 384 g/mol. The summed E-state index contributed by atoms with van der Waals surface area (Å²) < 4.78 is 16.5. The molecule has 8 heteroatoms. The summed E-state index contributed by atoms with van der Waals surface area (Å²) in [6.07, 6.45) is 3.29. The molecule has 2 N–H and O–H groups in total. The second kappa shape index (κ2) is 10.7. The summed E-state index contributed by atoms with van der Waals surface area (Å²) in [5.41, 5.74) is 1.64. The van der Waals surface area contributed by atoms with Crippen molar-refractivity contribution in [3.63, 3.8) is 0 Å². The van der Waals surface area contributed by atoms with Gasteiger partial charge in [0.1, 0.15) is 0 Å². The van der Waals surface area contributed by atoms with Gasteiger partial charge in [-0.1, -0.05) is 24.3 Å². The smallest absolute Gasteiger partial charge is 0.315 e. The molecule has 1 aromatic carbocycles. The molecule has 0 atom stereocenters. The molecule has 0 radical (unpaired) electrons. The number of amides is 2. The Labute approximate surface area is 175 Å². The van der Waals surface area contributed by atoms with Crippen LogP contribution in [0.5, 0.6) is 23.3 Å². The lowest BCUT2D eigenvalue weighted by molar-refractivity contribution is 0.240. The van der Waals surface area contributed by atoms with E-state index in [4.69, 9.17) is 14.2 Å². The van der Waals surface area contributed by atoms with E-state index in [-0.39, 0.29) is 6.03 Å². The molecule has 0 saturated carbocycles. The highest BCUT2D eigenvalue weighted by atomic mass is 16.5. The van der Waals surface area contributed by atoms with Crippen LogP contribution in [0.4, 0.5) is 4.79 Å². The molecule has 0 unspecified atom stereocenters. The van der Waals surface area contributed by atoms with Crippen LogP contribution in [0.25, 0.3) is 0 Å². The van der Waals surface area contributed by atoms with Crippen LogP contribution in [-0.4, -0.2) is 29.7 Å². The van der Waals surface area contributed by atoms with Gasteiger partial charge in [0.15, 0.2) is 11.5 Å². The van der Waals surface area contributed by atoms with E-state index in [0.29, 0.717) is 43.0 Å². The predicted molar refractivity (Wildman–Crippen MR) is 112 cm³/mol. The van der Waals surface area contributed by atoms with Gasteiger partial charge in [0.05, 0.1) is 13.7 Å². The molecule has 3 aromatic rings. The Bertz CT molecular complexity index is 963. The molecule has 0 fully saturated rings. The van der Waals surface area contributed by atoms with Gasteiger partial charge < -0.3 is 24.8 Å². The van der Waals surface area contributed by atoms with Gasteiger partial charge in [0.25, 0.3) is 0 Å². The van der Waals surface area contributed by atoms with Crippen LogP contribution in [0.3, 0.4) is 0 Å². The molecule has 3 rings (SSSR count). The van der Waals surface area contributed by atoms with Gasteiger partial charge >= 0.3 is 6.03 Å². The highest BCUT2D eigenvalue weighted by Gasteiger charge is 2.08. The van der Waals surface area contributed by atoms with E-state index in [1.54, 1.807) is 31.6 Å². The number of benzene rings is 1. The third kappa shape index (κ3) is 5.84. The summed E-state index contributed by atoms with van der Waals surface area (Å²) >= 11 is 0. The minimum Gasteiger partial charge on any atom is -0.490 e. The standard InChI is InChI=1S/C22H24N4O4/c1-3-29-18-8-4-5-9-19(18)30-20-11-10-16(13-24-20)14-25-22(27)26-15-17-7-6-12-23-21(17)28-2/h4-13H,3,14-15H2,1-2H3,(H2,25,26,27). The van der Waals surface area contributed by atoms with Gasteiger partial charge in [0.2, 0.25) is 11.8 Å². The average Bonchev–Trinajstić information content (AvgIpc) is 2.79. The lowest BCUT2D eigenvalue weighted by atomic mass is 10.2. The van der Waals surface area contributed by atoms with Gasteiger partial charge in [0, 0.05) is 37.1 Å². The molecule has 0 aliphatic carbocycles. The molecule has 0 saturated heterocycles. The van der Waals surface area contributed by atoms with Crippen LogP contribution in [0.1, 0.15) is 18.1 Å². The molecule has 0 aliphatic heterocycles. The molecule has 0 spiro atoms. The van der Waals surface area contributed by atoms with Crippen LogP contribution in [0.15, 0.2) is 60.9 Å². The number of carbonyl (C=O) groups is 1. The van der Waals surface area contributed by atoms with Crippen molar-refractivity contribution in [3.05, 3.63) is 72.1 Å². The van der Waals surface area contributed by atoms with Crippen LogP contribution in [0.2, 0.25) is 0 Å². The average molecular weight is 408 g/mol. The molecule has 156 valence electrons. The lowest BCUT2D eigenvalue weighted by Crippen LogP contribution is -2.34.